The molecule has 1 N–H and O–H groups in total. The Bertz CT molecular complexity index is 4440. The maximum Gasteiger partial charge on any atom is 0.379 e. The van der Waals surface area contributed by atoms with Crippen LogP contribution in [0.15, 0.2) is 184 Å². The number of amides is 2. The van der Waals surface area contributed by atoms with Gasteiger partial charge in [-0.15, -0.1) is 16.4 Å². The number of carboxylic acids is 1. The Kier molecular flexibility index (Phi) is 32.7. The molecule has 7 aromatic carbocycles. The summed E-state index contributed by atoms with van der Waals surface area (Å²) in [5, 5.41) is 17.5. The molecular weight excluding hydrogens is 1740 g/mol. The third-order valence-electron chi connectivity index (χ3n) is 13.6. The minimum Gasteiger partial charge on any atom is -0.476 e. The van der Waals surface area contributed by atoms with Gasteiger partial charge in [0, 0.05) is 71.5 Å². The lowest BCUT2D eigenvalue weighted by Crippen LogP contribution is -2.30. The first-order chi connectivity index (χ1) is 48.2. The fraction of sp³-hybridized carbons (Fsp3) is 0.194. The van der Waals surface area contributed by atoms with Gasteiger partial charge in [-0.2, -0.15) is 0 Å². The molecule has 29 heteroatoms. The maximum absolute atomic E-state index is 12.3. The smallest absolute Gasteiger partial charge is 0.379 e. The van der Waals surface area contributed by atoms with E-state index in [0.717, 1.165) is 60.5 Å². The molecule has 101 heavy (non-hydrogen) atoms. The Morgan fingerprint density at radius 3 is 1.48 bits per heavy atom. The first-order valence-electron chi connectivity index (χ1n) is 30.1. The van der Waals surface area contributed by atoms with Crippen molar-refractivity contribution in [3.05, 3.63) is 251 Å². The Hall–Kier alpha value is -8.19. The van der Waals surface area contributed by atoms with Crippen molar-refractivity contribution in [3.8, 4) is 10.4 Å². The quantitative estimate of drug-likeness (QED) is 0.0221. The number of aliphatic carboxylic acids is 1. The summed E-state index contributed by atoms with van der Waals surface area (Å²) in [6, 6.07) is 44.3. The van der Waals surface area contributed by atoms with Gasteiger partial charge in [-0.1, -0.05) is 166 Å². The lowest BCUT2D eigenvalue weighted by molar-refractivity contribution is -0.138. The number of carbonyl (C=O) groups excluding carboxylic acids is 9. The van der Waals surface area contributed by atoms with Crippen LogP contribution in [0, 0.1) is 13.8 Å². The van der Waals surface area contributed by atoms with Gasteiger partial charge in [0.2, 0.25) is 0 Å². The third kappa shape index (κ3) is 23.4. The molecule has 0 aliphatic carbocycles. The SMILES string of the molecule is CCOC(=O)C(=O)c1ccc(Br)cc1C.CCOC(=O)C(=O)c1ccc(Br)cc1CBr.CCOC(=O)C(=O)c1ccc(Br)cc1CON1C(=O)c2ccccc2C1=O.CCOC(=O)C1=NOCc2cc(Br)ccc21.Cc1cccc(Br)c1.O=C(O)C1=NOCc2cc(-c3ccc(Cl)s3)ccc21. The molecule has 2 amide bonds. The zero-order valence-electron chi connectivity index (χ0n) is 54.4. The first-order valence-corrected chi connectivity index (χ1v) is 36.4. The Morgan fingerprint density at radius 2 is 0.980 bits per heavy atom. The number of aryl methyl sites for hydroxylation is 2. The summed E-state index contributed by atoms with van der Waals surface area (Å²) >= 11 is 27.3. The number of imide groups is 1. The second-order valence-corrected chi connectivity index (χ2v) is 27.5. The van der Waals surface area contributed by atoms with Gasteiger partial charge in [-0.3, -0.25) is 28.8 Å². The van der Waals surface area contributed by atoms with Crippen molar-refractivity contribution in [1.82, 2.24) is 5.06 Å². The lowest BCUT2D eigenvalue weighted by atomic mass is 9.99. The monoisotopic (exact) mass is 1790 g/mol. The number of carbonyl (C=O) groups is 10. The van der Waals surface area contributed by atoms with E-state index < -0.39 is 59.0 Å². The number of fused-ring (bicyclic) bond motifs is 3. The molecule has 0 atom stereocenters. The number of ether oxygens (including phenoxy) is 4. The molecular formula is C72H60Br6ClN3O18S. The van der Waals surface area contributed by atoms with Crippen molar-refractivity contribution in [2.75, 3.05) is 26.4 Å². The maximum atomic E-state index is 12.3. The van der Waals surface area contributed by atoms with Crippen molar-refractivity contribution in [2.24, 2.45) is 10.3 Å². The zero-order chi connectivity index (χ0) is 74.0. The van der Waals surface area contributed by atoms with Gasteiger partial charge in [-0.05, 0) is 173 Å². The molecule has 21 nitrogen and oxygen atoms in total. The van der Waals surface area contributed by atoms with Crippen molar-refractivity contribution >= 4 is 189 Å². The highest BCUT2D eigenvalue weighted by Crippen LogP contribution is 2.34. The summed E-state index contributed by atoms with van der Waals surface area (Å²) < 4.78 is 24.2. The topological polar surface area (TPSA) is 284 Å². The molecule has 526 valence electrons. The Balaban J connectivity index is 0.000000196. The molecule has 0 saturated carbocycles. The van der Waals surface area contributed by atoms with Crippen LogP contribution in [0.2, 0.25) is 4.34 Å². The second-order valence-electron chi connectivity index (χ2n) is 20.6. The van der Waals surface area contributed by atoms with Crippen LogP contribution < -0.4 is 0 Å². The number of rotatable bonds is 17. The minimum absolute atomic E-state index is 0.0583. The molecule has 8 aromatic rings. The standard InChI is InChI=1S/C19H14BrNO6.C13H8ClNO3S.C11H10Br2O3.C11H10BrNO3.C11H11BrO3.C7H7Br/c1-2-26-19(25)16(22)13-8-7-12(20)9-11(13)10-27-21-17(23)14-5-3-4-6-15(14)18(21)24;14-11-4-3-10(19-11)7-1-2-9-8(5-7)6-18-15-12(9)13(16)17;1-2-16-11(15)10(14)9-4-3-8(13)5-7(9)6-12;1-2-15-11(14)10-9-4-3-8(12)5-7(9)6-16-13-10;1-3-15-11(14)10(13)9-5-4-8(12)6-7(9)2;1-6-3-2-4-7(8)5-6/h3-9H,2,10H2,1H3;1-5H,6H2,(H,16,17);2*3-5H,2,6H2,1H3;4-6H,3H2,1-2H3;2-5H,1H3. The van der Waals surface area contributed by atoms with Crippen molar-refractivity contribution in [2.45, 2.75) is 66.7 Å². The summed E-state index contributed by atoms with van der Waals surface area (Å²) in [6.45, 7) is 11.7. The van der Waals surface area contributed by atoms with Crippen LogP contribution in [-0.2, 0) is 82.6 Å². The number of benzene rings is 7. The molecule has 4 heterocycles. The van der Waals surface area contributed by atoms with E-state index in [4.69, 9.17) is 40.7 Å². The fourth-order valence-electron chi connectivity index (χ4n) is 9.03. The zero-order valence-corrected chi connectivity index (χ0v) is 65.5. The number of nitrogens with zero attached hydrogens (tertiary/aromatic N) is 3. The summed E-state index contributed by atoms with van der Waals surface area (Å²) in [4.78, 5) is 134. The molecule has 0 radical (unpaired) electrons. The molecule has 3 aliphatic rings. The van der Waals surface area contributed by atoms with Gasteiger partial charge in [0.1, 0.15) is 19.8 Å². The van der Waals surface area contributed by atoms with Gasteiger partial charge in [0.15, 0.2) is 11.4 Å². The second kappa shape index (κ2) is 40.5. The predicted molar refractivity (Wildman–Crippen MR) is 399 cm³/mol. The number of hydroxylamine groups is 2. The number of carboxylic acid groups (broad SMARTS) is 1. The number of alkyl halides is 1. The van der Waals surface area contributed by atoms with Gasteiger partial charge in [0.25, 0.3) is 29.2 Å². The van der Waals surface area contributed by atoms with Gasteiger partial charge in [0.05, 0.1) is 41.9 Å². The summed E-state index contributed by atoms with van der Waals surface area (Å²) in [6.07, 6.45) is 0. The minimum atomic E-state index is -1.09. The van der Waals surface area contributed by atoms with Crippen LogP contribution in [0.5, 0.6) is 0 Å². The van der Waals surface area contributed by atoms with E-state index in [1.165, 1.54) is 35.1 Å². The van der Waals surface area contributed by atoms with Crippen molar-refractivity contribution in [1.29, 1.82) is 0 Å². The number of oxime groups is 2. The van der Waals surface area contributed by atoms with E-state index in [2.05, 4.69) is 134 Å². The average Bonchev–Trinajstić information content (AvgIpc) is 1.70. The summed E-state index contributed by atoms with van der Waals surface area (Å²) in [7, 11) is 0. The normalized spacial score (nSPS) is 11.9. The highest BCUT2D eigenvalue weighted by molar-refractivity contribution is 9.11. The molecule has 0 saturated heterocycles. The predicted octanol–water partition coefficient (Wildman–Crippen LogP) is 16.9. The molecule has 1 aromatic heterocycles. The first kappa shape index (κ1) is 81.8. The number of thiophene rings is 1. The van der Waals surface area contributed by atoms with E-state index in [0.29, 0.717) is 50.3 Å². The van der Waals surface area contributed by atoms with Crippen LogP contribution in [0.3, 0.4) is 0 Å². The summed E-state index contributed by atoms with van der Waals surface area (Å²) in [5.41, 5.74) is 8.74. The molecule has 11 rings (SSSR count). The van der Waals surface area contributed by atoms with Crippen LogP contribution in [0.4, 0.5) is 0 Å². The van der Waals surface area contributed by atoms with Gasteiger partial charge >= 0.3 is 29.8 Å². The average molecular weight is 1800 g/mol. The highest BCUT2D eigenvalue weighted by atomic mass is 79.9. The van der Waals surface area contributed by atoms with E-state index in [1.807, 2.05) is 54.6 Å². The highest BCUT2D eigenvalue weighted by Gasteiger charge is 2.37. The number of hydrogen-bond donors (Lipinski definition) is 1. The fourth-order valence-corrected chi connectivity index (χ4v) is 12.8. The lowest BCUT2D eigenvalue weighted by Gasteiger charge is -2.15. The van der Waals surface area contributed by atoms with Crippen LogP contribution >= 0.6 is 119 Å². The number of ketones is 3. The number of hydrogen-bond acceptors (Lipinski definition) is 20. The van der Waals surface area contributed by atoms with Crippen molar-refractivity contribution in [3.63, 3.8) is 0 Å². The number of Topliss-reactive ketones (excluding diaryl/α,β-unsaturated/α-hetero) is 3. The largest absolute Gasteiger partial charge is 0.476 e. The van der Waals surface area contributed by atoms with Crippen molar-refractivity contribution < 1.29 is 86.5 Å². The van der Waals surface area contributed by atoms with E-state index in [1.54, 1.807) is 101 Å². The van der Waals surface area contributed by atoms with Crippen LogP contribution in [0.1, 0.15) is 124 Å². The van der Waals surface area contributed by atoms with E-state index in [-0.39, 0.29) is 61.1 Å². The third-order valence-corrected chi connectivity index (χ3v) is 18.0. The molecule has 0 unspecified atom stereocenters. The van der Waals surface area contributed by atoms with Crippen LogP contribution in [-0.4, -0.2) is 107 Å². The molecule has 0 bridgehead atoms. The molecule has 3 aliphatic heterocycles. The summed E-state index contributed by atoms with van der Waals surface area (Å²) in [5.74, 6) is -7.33. The Labute approximate surface area is 639 Å². The molecule has 0 fully saturated rings. The number of halogens is 7. The van der Waals surface area contributed by atoms with Gasteiger partial charge in [-0.25, -0.2) is 24.0 Å². The van der Waals surface area contributed by atoms with Crippen LogP contribution in [0.25, 0.3) is 10.4 Å². The van der Waals surface area contributed by atoms with E-state index in [9.17, 15) is 47.9 Å². The Morgan fingerprint density at radius 1 is 0.515 bits per heavy atom. The van der Waals surface area contributed by atoms with E-state index >= 15 is 0 Å². The van der Waals surface area contributed by atoms with Gasteiger partial charge < -0.3 is 33.7 Å². The molecule has 0 spiro atoms. The number of esters is 4.